The summed E-state index contributed by atoms with van der Waals surface area (Å²) in [5, 5.41) is 16.4. The molecule has 0 saturated carbocycles. The van der Waals surface area contributed by atoms with Gasteiger partial charge in [-0.15, -0.1) is 10.2 Å². The third-order valence-electron chi connectivity index (χ3n) is 2.84. The molecule has 5 heteroatoms. The van der Waals surface area contributed by atoms with Crippen LogP contribution in [0.3, 0.4) is 0 Å². The number of carboxylic acid groups (broad SMARTS) is 1. The van der Waals surface area contributed by atoms with Crippen molar-refractivity contribution in [3.8, 4) is 17.0 Å². The fraction of sp³-hybridized carbons (Fsp3) is 0.214. The summed E-state index contributed by atoms with van der Waals surface area (Å²) in [6, 6.07) is 8.82. The van der Waals surface area contributed by atoms with Gasteiger partial charge in [0, 0.05) is 5.56 Å². The van der Waals surface area contributed by atoms with Crippen LogP contribution < -0.4 is 4.74 Å². The van der Waals surface area contributed by atoms with Crippen molar-refractivity contribution in [1.82, 2.24) is 10.2 Å². The first kappa shape index (κ1) is 13.0. The number of methoxy groups -OCH3 is 1. The van der Waals surface area contributed by atoms with Gasteiger partial charge in [-0.1, -0.05) is 6.92 Å². The molecule has 19 heavy (non-hydrogen) atoms. The van der Waals surface area contributed by atoms with Crippen molar-refractivity contribution in [2.24, 2.45) is 0 Å². The van der Waals surface area contributed by atoms with Crippen LogP contribution in [0.2, 0.25) is 0 Å². The molecule has 0 atom stereocenters. The molecule has 0 bridgehead atoms. The number of rotatable bonds is 4. The van der Waals surface area contributed by atoms with Crippen LogP contribution >= 0.6 is 0 Å². The van der Waals surface area contributed by atoms with Gasteiger partial charge in [-0.2, -0.15) is 0 Å². The number of hydrogen-bond acceptors (Lipinski definition) is 4. The molecule has 1 N–H and O–H groups in total. The molecule has 0 aliphatic rings. The molecule has 1 heterocycles. The Morgan fingerprint density at radius 3 is 2.58 bits per heavy atom. The number of ether oxygens (including phenoxy) is 1. The van der Waals surface area contributed by atoms with Crippen molar-refractivity contribution in [2.45, 2.75) is 13.3 Å². The first-order chi connectivity index (χ1) is 9.15. The van der Waals surface area contributed by atoms with Gasteiger partial charge in [0.05, 0.1) is 12.8 Å². The van der Waals surface area contributed by atoms with Crippen LogP contribution in [-0.4, -0.2) is 28.4 Å². The molecule has 0 radical (unpaired) electrons. The van der Waals surface area contributed by atoms with E-state index in [9.17, 15) is 4.79 Å². The number of aromatic carboxylic acids is 1. The molecule has 98 valence electrons. The van der Waals surface area contributed by atoms with Gasteiger partial charge >= 0.3 is 5.97 Å². The van der Waals surface area contributed by atoms with Crippen LogP contribution in [0.1, 0.15) is 23.0 Å². The molecule has 0 fully saturated rings. The zero-order valence-electron chi connectivity index (χ0n) is 10.8. The van der Waals surface area contributed by atoms with Crippen molar-refractivity contribution < 1.29 is 14.6 Å². The van der Waals surface area contributed by atoms with Gasteiger partial charge in [0.15, 0.2) is 5.69 Å². The minimum absolute atomic E-state index is 0.0621. The molecule has 0 aliphatic carbocycles. The second-order valence-electron chi connectivity index (χ2n) is 3.99. The van der Waals surface area contributed by atoms with Crippen molar-refractivity contribution in [1.29, 1.82) is 0 Å². The largest absolute Gasteiger partial charge is 0.496 e. The summed E-state index contributed by atoms with van der Waals surface area (Å²) < 4.78 is 5.26. The smallest absolute Gasteiger partial charge is 0.356 e. The lowest BCUT2D eigenvalue weighted by Gasteiger charge is -2.08. The van der Waals surface area contributed by atoms with Crippen LogP contribution in [0.25, 0.3) is 11.3 Å². The SMILES string of the molecule is CCc1cc(-c2ccc(C(=O)O)nn2)ccc1OC. The molecule has 2 rings (SSSR count). The molecule has 0 amide bonds. The summed E-state index contributed by atoms with van der Waals surface area (Å²) in [5.74, 6) is -0.246. The minimum Gasteiger partial charge on any atom is -0.496 e. The molecular weight excluding hydrogens is 244 g/mol. The summed E-state index contributed by atoms with van der Waals surface area (Å²) in [4.78, 5) is 10.7. The van der Waals surface area contributed by atoms with Crippen molar-refractivity contribution in [2.75, 3.05) is 7.11 Å². The van der Waals surface area contributed by atoms with Crippen LogP contribution in [0.5, 0.6) is 5.75 Å². The first-order valence-corrected chi connectivity index (χ1v) is 5.90. The second kappa shape index (κ2) is 5.48. The van der Waals surface area contributed by atoms with Crippen LogP contribution in [0, 0.1) is 0 Å². The fourth-order valence-electron chi connectivity index (χ4n) is 1.81. The van der Waals surface area contributed by atoms with Crippen molar-refractivity contribution >= 4 is 5.97 Å². The Bertz CT molecular complexity index is 594. The molecular formula is C14H14N2O3. The Kier molecular flexibility index (Phi) is 3.75. The molecule has 2 aromatic rings. The summed E-state index contributed by atoms with van der Waals surface area (Å²) in [6.45, 7) is 2.04. The van der Waals surface area contributed by atoms with E-state index in [4.69, 9.17) is 9.84 Å². The molecule has 0 saturated heterocycles. The number of carboxylic acids is 1. The maximum absolute atomic E-state index is 10.7. The predicted octanol–water partition coefficient (Wildman–Crippen LogP) is 2.41. The Morgan fingerprint density at radius 2 is 2.05 bits per heavy atom. The van der Waals surface area contributed by atoms with E-state index in [1.165, 1.54) is 6.07 Å². The number of hydrogen-bond donors (Lipinski definition) is 1. The maximum Gasteiger partial charge on any atom is 0.356 e. The summed E-state index contributed by atoms with van der Waals surface area (Å²) >= 11 is 0. The lowest BCUT2D eigenvalue weighted by Crippen LogP contribution is -2.02. The molecule has 5 nitrogen and oxygen atoms in total. The Balaban J connectivity index is 2.38. The molecule has 0 unspecified atom stereocenters. The average molecular weight is 258 g/mol. The van der Waals surface area contributed by atoms with Crippen molar-refractivity contribution in [3.05, 3.63) is 41.6 Å². The van der Waals surface area contributed by atoms with E-state index in [-0.39, 0.29) is 5.69 Å². The number of aromatic nitrogens is 2. The van der Waals surface area contributed by atoms with E-state index in [2.05, 4.69) is 10.2 Å². The number of aryl methyl sites for hydroxylation is 1. The highest BCUT2D eigenvalue weighted by molar-refractivity contribution is 5.85. The fourth-order valence-corrected chi connectivity index (χ4v) is 1.81. The van der Waals surface area contributed by atoms with Crippen molar-refractivity contribution in [3.63, 3.8) is 0 Å². The van der Waals surface area contributed by atoms with E-state index < -0.39 is 5.97 Å². The quantitative estimate of drug-likeness (QED) is 0.911. The van der Waals surface area contributed by atoms with E-state index in [0.717, 1.165) is 23.3 Å². The van der Waals surface area contributed by atoms with E-state index in [0.29, 0.717) is 5.69 Å². The zero-order chi connectivity index (χ0) is 13.8. The molecule has 0 spiro atoms. The van der Waals surface area contributed by atoms with Crippen LogP contribution in [0.4, 0.5) is 0 Å². The highest BCUT2D eigenvalue weighted by Crippen LogP contribution is 2.25. The third kappa shape index (κ3) is 2.70. The predicted molar refractivity (Wildman–Crippen MR) is 70.4 cm³/mol. The molecule has 1 aromatic heterocycles. The topological polar surface area (TPSA) is 72.3 Å². The Labute approximate surface area is 110 Å². The molecule has 0 aliphatic heterocycles. The summed E-state index contributed by atoms with van der Waals surface area (Å²) in [5.41, 5.74) is 2.54. The minimum atomic E-state index is -1.08. The molecule has 1 aromatic carbocycles. The number of carbonyl (C=O) groups is 1. The zero-order valence-corrected chi connectivity index (χ0v) is 10.8. The number of nitrogens with zero attached hydrogens (tertiary/aromatic N) is 2. The van der Waals surface area contributed by atoms with Gasteiger partial charge in [-0.05, 0) is 42.3 Å². The highest BCUT2D eigenvalue weighted by Gasteiger charge is 2.08. The monoisotopic (exact) mass is 258 g/mol. The van der Waals surface area contributed by atoms with Gasteiger partial charge in [0.1, 0.15) is 5.75 Å². The average Bonchev–Trinajstić information content (AvgIpc) is 2.46. The lowest BCUT2D eigenvalue weighted by molar-refractivity contribution is 0.0689. The van der Waals surface area contributed by atoms with Gasteiger partial charge in [-0.25, -0.2) is 4.79 Å². The summed E-state index contributed by atoms with van der Waals surface area (Å²) in [6.07, 6.45) is 0.845. The normalized spacial score (nSPS) is 10.2. The second-order valence-corrected chi connectivity index (χ2v) is 3.99. The Morgan fingerprint density at radius 1 is 1.26 bits per heavy atom. The number of benzene rings is 1. The van der Waals surface area contributed by atoms with Gasteiger partial charge < -0.3 is 9.84 Å². The maximum atomic E-state index is 10.7. The van der Waals surface area contributed by atoms with Gasteiger partial charge in [-0.3, -0.25) is 0 Å². The van der Waals surface area contributed by atoms with E-state index >= 15 is 0 Å². The highest BCUT2D eigenvalue weighted by atomic mass is 16.5. The summed E-state index contributed by atoms with van der Waals surface area (Å²) in [7, 11) is 1.63. The van der Waals surface area contributed by atoms with E-state index in [1.807, 2.05) is 25.1 Å². The van der Waals surface area contributed by atoms with Gasteiger partial charge in [0.2, 0.25) is 0 Å². The Hall–Kier alpha value is -2.43. The van der Waals surface area contributed by atoms with E-state index in [1.54, 1.807) is 13.2 Å². The van der Waals surface area contributed by atoms with Gasteiger partial charge in [0.25, 0.3) is 0 Å². The standard InChI is InChI=1S/C14H14N2O3/c1-3-9-8-10(4-7-13(9)19-2)11-5-6-12(14(17)18)16-15-11/h4-8H,3H2,1-2H3,(H,17,18). The van der Waals surface area contributed by atoms with Crippen LogP contribution in [-0.2, 0) is 6.42 Å². The first-order valence-electron chi connectivity index (χ1n) is 5.90. The van der Waals surface area contributed by atoms with Crippen LogP contribution in [0.15, 0.2) is 30.3 Å². The lowest BCUT2D eigenvalue weighted by atomic mass is 10.0. The third-order valence-corrected chi connectivity index (χ3v) is 2.84.